The lowest BCUT2D eigenvalue weighted by atomic mass is 10.0. The highest BCUT2D eigenvalue weighted by atomic mass is 19.4. The first-order valence-corrected chi connectivity index (χ1v) is 13.5. The van der Waals surface area contributed by atoms with E-state index in [4.69, 9.17) is 10.5 Å². The number of hydrogen-bond donors (Lipinski definition) is 4. The molecule has 228 valence electrons. The van der Waals surface area contributed by atoms with Gasteiger partial charge in [-0.3, -0.25) is 4.79 Å². The maximum atomic E-state index is 16.3. The fraction of sp³-hybridized carbons (Fsp3) is 0.464. The Bertz CT molecular complexity index is 1500. The molecule has 4 rings (SSSR count). The van der Waals surface area contributed by atoms with Gasteiger partial charge in [-0.05, 0) is 45.7 Å². The van der Waals surface area contributed by atoms with Crippen molar-refractivity contribution in [2.75, 3.05) is 24.1 Å². The van der Waals surface area contributed by atoms with Crippen LogP contribution in [0.1, 0.15) is 44.9 Å². The maximum absolute atomic E-state index is 16.3. The number of halogens is 5. The van der Waals surface area contributed by atoms with Crippen LogP contribution in [-0.4, -0.2) is 53.5 Å². The molecule has 0 spiro atoms. The van der Waals surface area contributed by atoms with E-state index in [2.05, 4.69) is 30.7 Å². The SMILES string of the molecule is CCCC(NCC1Nc2nc(C)c(C)c3c(F)c(-c4cc(N)cc(F)c4OC(F)(F)F)nc(c23)OC1C)C(=O)NCC. The van der Waals surface area contributed by atoms with Crippen LogP contribution < -0.4 is 31.2 Å². The van der Waals surface area contributed by atoms with Crippen LogP contribution in [0.4, 0.5) is 33.5 Å². The Labute approximate surface area is 239 Å². The first-order valence-electron chi connectivity index (χ1n) is 13.5. The van der Waals surface area contributed by atoms with Crippen molar-refractivity contribution >= 4 is 28.2 Å². The molecule has 1 aromatic carbocycles. The molecule has 1 aliphatic rings. The fourth-order valence-corrected chi connectivity index (χ4v) is 4.93. The third kappa shape index (κ3) is 6.27. The van der Waals surface area contributed by atoms with Gasteiger partial charge in [-0.2, -0.15) is 0 Å². The molecule has 2 aromatic heterocycles. The number of ether oxygens (including phenoxy) is 2. The van der Waals surface area contributed by atoms with Crippen LogP contribution in [0.2, 0.25) is 0 Å². The number of nitrogens with two attached hydrogens (primary N) is 1. The van der Waals surface area contributed by atoms with E-state index in [-0.39, 0.29) is 40.6 Å². The van der Waals surface area contributed by atoms with E-state index in [0.29, 0.717) is 30.3 Å². The highest BCUT2D eigenvalue weighted by Crippen LogP contribution is 2.44. The molecule has 5 N–H and O–H groups in total. The summed E-state index contributed by atoms with van der Waals surface area (Å²) >= 11 is 0. The monoisotopic (exact) mass is 596 g/mol. The molecule has 0 saturated heterocycles. The Morgan fingerprint density at radius 2 is 1.90 bits per heavy atom. The van der Waals surface area contributed by atoms with Crippen LogP contribution in [0.5, 0.6) is 11.6 Å². The van der Waals surface area contributed by atoms with Gasteiger partial charge in [0.15, 0.2) is 17.4 Å². The highest BCUT2D eigenvalue weighted by molar-refractivity contribution is 6.01. The lowest BCUT2D eigenvalue weighted by Gasteiger charge is -2.26. The third-order valence-electron chi connectivity index (χ3n) is 7.09. The molecule has 3 heterocycles. The predicted octanol–water partition coefficient (Wildman–Crippen LogP) is 5.13. The second-order valence-corrected chi connectivity index (χ2v) is 10.1. The zero-order chi connectivity index (χ0) is 30.9. The summed E-state index contributed by atoms with van der Waals surface area (Å²) in [6, 6.07) is 0.655. The third-order valence-corrected chi connectivity index (χ3v) is 7.09. The molecular formula is C28H33F5N6O3. The van der Waals surface area contributed by atoms with Crippen molar-refractivity contribution in [3.05, 3.63) is 35.0 Å². The minimum atomic E-state index is -5.27. The van der Waals surface area contributed by atoms with Crippen molar-refractivity contribution in [1.82, 2.24) is 20.6 Å². The van der Waals surface area contributed by atoms with E-state index < -0.39 is 53.2 Å². The number of amides is 1. The molecule has 42 heavy (non-hydrogen) atoms. The van der Waals surface area contributed by atoms with Gasteiger partial charge >= 0.3 is 6.36 Å². The first kappa shape index (κ1) is 31.0. The van der Waals surface area contributed by atoms with Crippen molar-refractivity contribution in [3.8, 4) is 22.9 Å². The van der Waals surface area contributed by atoms with Crippen molar-refractivity contribution in [2.45, 2.75) is 72.0 Å². The lowest BCUT2D eigenvalue weighted by Crippen LogP contribution is -2.50. The fourth-order valence-electron chi connectivity index (χ4n) is 4.93. The van der Waals surface area contributed by atoms with Gasteiger partial charge in [0.1, 0.15) is 17.6 Å². The van der Waals surface area contributed by atoms with Gasteiger partial charge in [-0.15, -0.1) is 13.2 Å². The van der Waals surface area contributed by atoms with Crippen molar-refractivity contribution in [1.29, 1.82) is 0 Å². The zero-order valence-corrected chi connectivity index (χ0v) is 23.8. The van der Waals surface area contributed by atoms with Gasteiger partial charge in [0, 0.05) is 35.9 Å². The summed E-state index contributed by atoms with van der Waals surface area (Å²) in [5, 5.41) is 9.48. The predicted molar refractivity (Wildman–Crippen MR) is 148 cm³/mol. The van der Waals surface area contributed by atoms with Crippen LogP contribution in [0, 0.1) is 25.5 Å². The average Bonchev–Trinajstić information content (AvgIpc) is 3.02. The summed E-state index contributed by atoms with van der Waals surface area (Å²) in [5.74, 6) is -3.75. The smallest absolute Gasteiger partial charge is 0.472 e. The molecule has 1 aliphatic heterocycles. The van der Waals surface area contributed by atoms with E-state index in [1.165, 1.54) is 0 Å². The van der Waals surface area contributed by atoms with Crippen molar-refractivity contribution in [2.24, 2.45) is 0 Å². The van der Waals surface area contributed by atoms with Gasteiger partial charge in [0.05, 0.1) is 23.0 Å². The Hall–Kier alpha value is -3.94. The number of likely N-dealkylation sites (N-methyl/N-ethyl adjacent to an activating group) is 1. The summed E-state index contributed by atoms with van der Waals surface area (Å²) < 4.78 is 80.7. The normalized spacial score (nSPS) is 17.3. The number of anilines is 2. The number of aryl methyl sites for hydroxylation is 2. The Kier molecular flexibility index (Phi) is 8.95. The van der Waals surface area contributed by atoms with Crippen LogP contribution in [-0.2, 0) is 4.79 Å². The number of rotatable bonds is 9. The molecule has 1 amide bonds. The van der Waals surface area contributed by atoms with Gasteiger partial charge < -0.3 is 31.2 Å². The molecular weight excluding hydrogens is 563 g/mol. The van der Waals surface area contributed by atoms with Crippen LogP contribution in [0.3, 0.4) is 0 Å². The molecule has 0 radical (unpaired) electrons. The Balaban J connectivity index is 1.83. The number of nitrogen functional groups attached to an aromatic ring is 1. The van der Waals surface area contributed by atoms with Crippen LogP contribution in [0.15, 0.2) is 12.1 Å². The number of nitrogens with zero attached hydrogens (tertiary/aromatic N) is 2. The number of aromatic nitrogens is 2. The van der Waals surface area contributed by atoms with Gasteiger partial charge in [-0.1, -0.05) is 13.3 Å². The molecule has 0 fully saturated rings. The van der Waals surface area contributed by atoms with E-state index in [1.807, 2.05) is 13.8 Å². The number of carbonyl (C=O) groups excluding carboxylic acids is 1. The molecule has 9 nitrogen and oxygen atoms in total. The largest absolute Gasteiger partial charge is 0.573 e. The van der Waals surface area contributed by atoms with Crippen molar-refractivity contribution < 1.29 is 36.2 Å². The number of alkyl halides is 3. The van der Waals surface area contributed by atoms with E-state index >= 15 is 4.39 Å². The lowest BCUT2D eigenvalue weighted by molar-refractivity contribution is -0.275. The van der Waals surface area contributed by atoms with Gasteiger partial charge in [0.2, 0.25) is 11.8 Å². The first-order chi connectivity index (χ1) is 19.7. The summed E-state index contributed by atoms with van der Waals surface area (Å²) in [5.41, 5.74) is 5.01. The number of carbonyl (C=O) groups is 1. The molecule has 14 heteroatoms. The standard InChI is InChI=1S/C28H33F5N6O3/c1-6-8-18(26(40)35-7-2)36-11-19-14(5)41-27-21-20(12(3)13(4)37-25(21)38-19)22(30)23(39-27)16-9-15(34)10-17(29)24(16)42-28(31,32)33/h9-10,14,18-19,36H,6-8,11,34H2,1-5H3,(H,35,40)(H,37,38). The average molecular weight is 597 g/mol. The molecule has 0 saturated carbocycles. The maximum Gasteiger partial charge on any atom is 0.573 e. The van der Waals surface area contributed by atoms with Crippen LogP contribution >= 0.6 is 0 Å². The summed E-state index contributed by atoms with van der Waals surface area (Å²) in [4.78, 5) is 21.4. The van der Waals surface area contributed by atoms with Crippen LogP contribution in [0.25, 0.3) is 22.0 Å². The van der Waals surface area contributed by atoms with E-state index in [1.54, 1.807) is 20.8 Å². The second kappa shape index (κ2) is 12.1. The van der Waals surface area contributed by atoms with E-state index in [9.17, 15) is 22.4 Å². The molecule has 0 aliphatic carbocycles. The highest BCUT2D eigenvalue weighted by Gasteiger charge is 2.36. The summed E-state index contributed by atoms with van der Waals surface area (Å²) in [6.07, 6.45) is -4.55. The Morgan fingerprint density at radius 3 is 2.55 bits per heavy atom. The number of nitrogens with one attached hydrogen (secondary N) is 3. The number of benzene rings is 1. The minimum absolute atomic E-state index is 0.0159. The van der Waals surface area contributed by atoms with Crippen molar-refractivity contribution in [3.63, 3.8) is 0 Å². The summed E-state index contributed by atoms with van der Waals surface area (Å²) in [7, 11) is 0. The minimum Gasteiger partial charge on any atom is -0.472 e. The van der Waals surface area contributed by atoms with E-state index in [0.717, 1.165) is 12.5 Å². The topological polar surface area (TPSA) is 123 Å². The molecule has 3 unspecified atom stereocenters. The Morgan fingerprint density at radius 1 is 1.19 bits per heavy atom. The number of pyridine rings is 2. The quantitative estimate of drug-likeness (QED) is 0.198. The molecule has 3 atom stereocenters. The second-order valence-electron chi connectivity index (χ2n) is 10.1. The van der Waals surface area contributed by atoms with Gasteiger partial charge in [-0.25, -0.2) is 18.7 Å². The number of hydrogen-bond acceptors (Lipinski definition) is 8. The summed E-state index contributed by atoms with van der Waals surface area (Å²) in [6.45, 7) is 9.50. The molecule has 0 bridgehead atoms. The zero-order valence-electron chi connectivity index (χ0n) is 23.8. The van der Waals surface area contributed by atoms with Gasteiger partial charge in [0.25, 0.3) is 0 Å². The molecule has 3 aromatic rings.